The van der Waals surface area contributed by atoms with E-state index in [0.29, 0.717) is 31.6 Å². The molecule has 0 aromatic carbocycles. The number of hydrogen-bond acceptors (Lipinski definition) is 15. The van der Waals surface area contributed by atoms with Gasteiger partial charge in [0.2, 0.25) is 0 Å². The van der Waals surface area contributed by atoms with E-state index in [-0.39, 0.29) is 25.7 Å². The van der Waals surface area contributed by atoms with Crippen LogP contribution < -0.4 is 0 Å². The molecular formula is C86H168O17P2. The smallest absolute Gasteiger partial charge is 0.462 e. The van der Waals surface area contributed by atoms with Crippen LogP contribution >= 0.6 is 15.6 Å². The molecule has 5 atom stereocenters. The Labute approximate surface area is 645 Å². The average Bonchev–Trinajstić information content (AvgIpc) is 0.907. The van der Waals surface area contributed by atoms with Gasteiger partial charge in [0.25, 0.3) is 0 Å². The Balaban J connectivity index is 5.21. The normalized spacial score (nSPS) is 13.9. The van der Waals surface area contributed by atoms with Crippen LogP contribution in [0.2, 0.25) is 0 Å². The number of phosphoric acid groups is 2. The van der Waals surface area contributed by atoms with Gasteiger partial charge in [-0.15, -0.1) is 0 Å². The SMILES string of the molecule is CCCCCCCCCCCCCCCCCCCCCCC(=O)O[C@H](COC(=O)CCCCCCCCCCCCCCCCCC(C)C)COP(=O)(O)OC[C@@H](O)COP(=O)(O)OC[C@@H](COC(=O)CCCCCCCCC(C)C)OC(=O)CCCCCCCCCCCCCCCCCC(C)C. The average molecular weight is 1540 g/mol. The Morgan fingerprint density at radius 1 is 0.257 bits per heavy atom. The molecule has 0 aliphatic heterocycles. The summed E-state index contributed by atoms with van der Waals surface area (Å²) in [5.41, 5.74) is 0. The molecule has 0 saturated heterocycles. The summed E-state index contributed by atoms with van der Waals surface area (Å²) in [5.74, 6) is 0.181. The molecular weight excluding hydrogens is 1370 g/mol. The lowest BCUT2D eigenvalue weighted by Gasteiger charge is -2.21. The van der Waals surface area contributed by atoms with Gasteiger partial charge in [0.15, 0.2) is 12.2 Å². The van der Waals surface area contributed by atoms with E-state index in [1.165, 1.54) is 257 Å². The van der Waals surface area contributed by atoms with Gasteiger partial charge in [0.05, 0.1) is 26.4 Å². The van der Waals surface area contributed by atoms with Crippen molar-refractivity contribution in [3.05, 3.63) is 0 Å². The molecule has 2 unspecified atom stereocenters. The van der Waals surface area contributed by atoms with Crippen molar-refractivity contribution in [2.75, 3.05) is 39.6 Å². The van der Waals surface area contributed by atoms with Gasteiger partial charge in [-0.25, -0.2) is 9.13 Å². The molecule has 0 amide bonds. The Morgan fingerprint density at radius 3 is 0.648 bits per heavy atom. The van der Waals surface area contributed by atoms with Crippen LogP contribution in [0.15, 0.2) is 0 Å². The van der Waals surface area contributed by atoms with Crippen LogP contribution in [-0.4, -0.2) is 96.7 Å². The maximum atomic E-state index is 13.1. The summed E-state index contributed by atoms with van der Waals surface area (Å²) in [5, 5.41) is 10.7. The zero-order valence-electron chi connectivity index (χ0n) is 69.2. The summed E-state index contributed by atoms with van der Waals surface area (Å²) >= 11 is 0. The number of aliphatic hydroxyl groups excluding tert-OH is 1. The maximum absolute atomic E-state index is 13.1. The summed E-state index contributed by atoms with van der Waals surface area (Å²) in [6, 6.07) is 0. The number of ether oxygens (including phenoxy) is 4. The standard InChI is InChI=1S/C86H168O17P2/c1-8-9-10-11-12-13-14-15-16-17-18-19-20-25-31-36-41-46-55-62-69-85(90)102-81(73-96-83(88)67-60-53-45-40-35-30-26-21-23-28-33-38-43-50-57-64-77(2)3)75-100-104(92,93)98-71-80(87)72-99-105(94,95)101-76-82(74-97-84(89)68-61-54-49-48-52-59-66-79(6)7)103-86(91)70-63-56-47-42-37-32-27-22-24-29-34-39-44-51-58-65-78(4)5/h77-82,87H,8-76H2,1-7H3,(H,92,93)(H,94,95)/t80-,81-,82-/m1/s1. The molecule has 3 N–H and O–H groups in total. The quantitative estimate of drug-likeness (QED) is 0.0222. The van der Waals surface area contributed by atoms with Crippen molar-refractivity contribution in [2.45, 2.75) is 471 Å². The number of carbonyl (C=O) groups excluding carboxylic acids is 4. The van der Waals surface area contributed by atoms with E-state index >= 15 is 0 Å². The van der Waals surface area contributed by atoms with E-state index in [2.05, 4.69) is 48.5 Å². The van der Waals surface area contributed by atoms with Crippen LogP contribution in [-0.2, 0) is 65.4 Å². The second-order valence-corrected chi connectivity index (χ2v) is 35.3. The molecule has 105 heavy (non-hydrogen) atoms. The highest BCUT2D eigenvalue weighted by atomic mass is 31.2. The molecule has 0 radical (unpaired) electrons. The van der Waals surface area contributed by atoms with Crippen LogP contribution in [0, 0.1) is 17.8 Å². The second-order valence-electron chi connectivity index (χ2n) is 32.4. The Morgan fingerprint density at radius 2 is 0.438 bits per heavy atom. The molecule has 0 aliphatic carbocycles. The zero-order valence-corrected chi connectivity index (χ0v) is 71.0. The molecule has 0 aromatic heterocycles. The number of esters is 4. The van der Waals surface area contributed by atoms with Crippen molar-refractivity contribution in [3.63, 3.8) is 0 Å². The van der Waals surface area contributed by atoms with Crippen LogP contribution in [0.4, 0.5) is 0 Å². The van der Waals surface area contributed by atoms with Crippen molar-refractivity contribution in [2.24, 2.45) is 17.8 Å². The maximum Gasteiger partial charge on any atom is 0.472 e. The van der Waals surface area contributed by atoms with Gasteiger partial charge in [-0.05, 0) is 43.4 Å². The van der Waals surface area contributed by atoms with E-state index in [1.807, 2.05) is 0 Å². The molecule has 0 fully saturated rings. The fraction of sp³-hybridized carbons (Fsp3) is 0.953. The first-order chi connectivity index (χ1) is 50.7. The van der Waals surface area contributed by atoms with Gasteiger partial charge < -0.3 is 33.8 Å². The topological polar surface area (TPSA) is 237 Å². The molecule has 19 heteroatoms. The number of aliphatic hydroxyl groups is 1. The lowest BCUT2D eigenvalue weighted by Crippen LogP contribution is -2.30. The molecule has 0 aliphatic rings. The zero-order chi connectivity index (χ0) is 77.2. The highest BCUT2D eigenvalue weighted by molar-refractivity contribution is 7.47. The lowest BCUT2D eigenvalue weighted by molar-refractivity contribution is -0.161. The van der Waals surface area contributed by atoms with E-state index in [9.17, 15) is 43.2 Å². The largest absolute Gasteiger partial charge is 0.472 e. The molecule has 0 rings (SSSR count). The lowest BCUT2D eigenvalue weighted by atomic mass is 10.0. The fourth-order valence-electron chi connectivity index (χ4n) is 13.4. The number of hydrogen-bond donors (Lipinski definition) is 3. The predicted molar refractivity (Wildman–Crippen MR) is 432 cm³/mol. The van der Waals surface area contributed by atoms with Crippen molar-refractivity contribution in [3.8, 4) is 0 Å². The number of unbranched alkanes of at least 4 members (excludes halogenated alkanes) is 52. The van der Waals surface area contributed by atoms with E-state index in [0.717, 1.165) is 108 Å². The molecule has 0 heterocycles. The van der Waals surface area contributed by atoms with E-state index in [4.69, 9.17) is 37.0 Å². The number of carbonyl (C=O) groups is 4. The van der Waals surface area contributed by atoms with Crippen LogP contribution in [0.1, 0.15) is 453 Å². The molecule has 17 nitrogen and oxygen atoms in total. The summed E-state index contributed by atoms with van der Waals surface area (Å²) in [4.78, 5) is 73.2. The number of rotatable bonds is 84. The van der Waals surface area contributed by atoms with Crippen molar-refractivity contribution >= 4 is 39.5 Å². The van der Waals surface area contributed by atoms with Crippen LogP contribution in [0.3, 0.4) is 0 Å². The number of phosphoric ester groups is 2. The summed E-state index contributed by atoms with van der Waals surface area (Å²) in [6.45, 7) is 11.9. The second kappa shape index (κ2) is 76.1. The van der Waals surface area contributed by atoms with Crippen molar-refractivity contribution < 1.29 is 80.2 Å². The van der Waals surface area contributed by atoms with Gasteiger partial charge in [0.1, 0.15) is 19.3 Å². The molecule has 0 spiro atoms. The third-order valence-corrected chi connectivity index (χ3v) is 22.0. The highest BCUT2D eigenvalue weighted by Gasteiger charge is 2.30. The summed E-state index contributed by atoms with van der Waals surface area (Å²) in [6.07, 6.45) is 66.9. The monoisotopic (exact) mass is 1540 g/mol. The van der Waals surface area contributed by atoms with Gasteiger partial charge in [-0.3, -0.25) is 37.3 Å². The Kier molecular flexibility index (Phi) is 74.7. The summed E-state index contributed by atoms with van der Waals surface area (Å²) < 4.78 is 68.9. The molecule has 0 saturated carbocycles. The van der Waals surface area contributed by atoms with Crippen molar-refractivity contribution in [1.29, 1.82) is 0 Å². The van der Waals surface area contributed by atoms with Crippen molar-refractivity contribution in [1.82, 2.24) is 0 Å². The predicted octanol–water partition coefficient (Wildman–Crippen LogP) is 26.1. The molecule has 0 bridgehead atoms. The third-order valence-electron chi connectivity index (χ3n) is 20.1. The van der Waals surface area contributed by atoms with Crippen LogP contribution in [0.5, 0.6) is 0 Å². The van der Waals surface area contributed by atoms with Gasteiger partial charge in [0, 0.05) is 25.7 Å². The first-order valence-corrected chi connectivity index (χ1v) is 47.3. The Hall–Kier alpha value is -1.94. The fourth-order valence-corrected chi connectivity index (χ4v) is 14.9. The van der Waals surface area contributed by atoms with E-state index < -0.39 is 97.5 Å². The Bertz CT molecular complexity index is 2030. The first kappa shape index (κ1) is 103. The molecule has 624 valence electrons. The minimum atomic E-state index is -4.97. The third kappa shape index (κ3) is 79.9. The van der Waals surface area contributed by atoms with Gasteiger partial charge in [-0.1, -0.05) is 402 Å². The minimum absolute atomic E-state index is 0.107. The van der Waals surface area contributed by atoms with Gasteiger partial charge >= 0.3 is 39.5 Å². The molecule has 0 aromatic rings. The minimum Gasteiger partial charge on any atom is -0.462 e. The van der Waals surface area contributed by atoms with E-state index in [1.54, 1.807) is 0 Å². The first-order valence-electron chi connectivity index (χ1n) is 44.3. The highest BCUT2D eigenvalue weighted by Crippen LogP contribution is 2.45. The van der Waals surface area contributed by atoms with Crippen LogP contribution in [0.25, 0.3) is 0 Å². The van der Waals surface area contributed by atoms with Gasteiger partial charge in [-0.2, -0.15) is 0 Å². The summed E-state index contributed by atoms with van der Waals surface area (Å²) in [7, 11) is -9.93.